The van der Waals surface area contributed by atoms with Gasteiger partial charge in [-0.05, 0) is 25.0 Å². The predicted molar refractivity (Wildman–Crippen MR) is 69.4 cm³/mol. The highest BCUT2D eigenvalue weighted by atomic mass is 19.3. The van der Waals surface area contributed by atoms with Gasteiger partial charge in [-0.2, -0.15) is 8.78 Å². The Bertz CT molecular complexity index is 391. The molecule has 0 unspecified atom stereocenters. The van der Waals surface area contributed by atoms with Crippen molar-refractivity contribution in [3.63, 3.8) is 0 Å². The molecule has 4 nitrogen and oxygen atoms in total. The number of rotatable bonds is 5. The number of pyridine rings is 1. The summed E-state index contributed by atoms with van der Waals surface area (Å²) < 4.78 is 28.2. The first-order valence-electron chi connectivity index (χ1n) is 6.51. The number of nitrogens with one attached hydrogen (secondary N) is 1. The van der Waals surface area contributed by atoms with Crippen molar-refractivity contribution in [3.8, 4) is 5.75 Å². The summed E-state index contributed by atoms with van der Waals surface area (Å²) in [4.78, 5) is 4.02. The molecule has 0 atom stereocenters. The Morgan fingerprint density at radius 3 is 2.63 bits per heavy atom. The molecule has 0 aliphatic heterocycles. The molecule has 0 spiro atoms. The SMILES string of the molecule is NC1(CNc2ccc(OC(F)F)cn2)CCCCC1. The Hall–Kier alpha value is -1.43. The molecule has 1 aliphatic carbocycles. The maximum absolute atomic E-state index is 12.0. The summed E-state index contributed by atoms with van der Waals surface area (Å²) in [5.41, 5.74) is 6.11. The van der Waals surface area contributed by atoms with E-state index in [2.05, 4.69) is 15.0 Å². The fraction of sp³-hybridized carbons (Fsp3) is 0.615. The van der Waals surface area contributed by atoms with E-state index < -0.39 is 6.61 Å². The third-order valence-electron chi connectivity index (χ3n) is 3.43. The third-order valence-corrected chi connectivity index (χ3v) is 3.43. The zero-order chi connectivity index (χ0) is 13.7. The smallest absolute Gasteiger partial charge is 0.387 e. The van der Waals surface area contributed by atoms with Crippen LogP contribution in [0.1, 0.15) is 32.1 Å². The first-order valence-corrected chi connectivity index (χ1v) is 6.51. The van der Waals surface area contributed by atoms with Crippen molar-refractivity contribution in [2.45, 2.75) is 44.3 Å². The lowest BCUT2D eigenvalue weighted by atomic mass is 9.82. The highest BCUT2D eigenvalue weighted by Crippen LogP contribution is 2.26. The van der Waals surface area contributed by atoms with E-state index in [-0.39, 0.29) is 11.3 Å². The summed E-state index contributed by atoms with van der Waals surface area (Å²) in [6.07, 6.45) is 6.86. The van der Waals surface area contributed by atoms with E-state index in [0.29, 0.717) is 12.4 Å². The molecule has 6 heteroatoms. The molecule has 1 aromatic heterocycles. The van der Waals surface area contributed by atoms with Crippen LogP contribution >= 0.6 is 0 Å². The average molecular weight is 271 g/mol. The number of hydrogen-bond acceptors (Lipinski definition) is 4. The van der Waals surface area contributed by atoms with Crippen LogP contribution in [0.25, 0.3) is 0 Å². The van der Waals surface area contributed by atoms with E-state index in [1.807, 2.05) is 0 Å². The van der Waals surface area contributed by atoms with Gasteiger partial charge in [-0.3, -0.25) is 0 Å². The molecule has 0 saturated heterocycles. The van der Waals surface area contributed by atoms with Crippen molar-refractivity contribution in [2.24, 2.45) is 5.73 Å². The molecule has 3 N–H and O–H groups in total. The van der Waals surface area contributed by atoms with Gasteiger partial charge in [-0.15, -0.1) is 0 Å². The van der Waals surface area contributed by atoms with Crippen molar-refractivity contribution in [3.05, 3.63) is 18.3 Å². The lowest BCUT2D eigenvalue weighted by molar-refractivity contribution is -0.0500. The van der Waals surface area contributed by atoms with E-state index in [0.717, 1.165) is 25.7 Å². The monoisotopic (exact) mass is 271 g/mol. The van der Waals surface area contributed by atoms with Crippen molar-refractivity contribution >= 4 is 5.82 Å². The number of aromatic nitrogens is 1. The van der Waals surface area contributed by atoms with Crippen LogP contribution in [-0.2, 0) is 0 Å². The van der Waals surface area contributed by atoms with E-state index >= 15 is 0 Å². The molecule has 1 heterocycles. The largest absolute Gasteiger partial charge is 0.433 e. The number of anilines is 1. The molecule has 0 bridgehead atoms. The van der Waals surface area contributed by atoms with Crippen LogP contribution in [0.5, 0.6) is 5.75 Å². The fourth-order valence-corrected chi connectivity index (χ4v) is 2.36. The summed E-state index contributed by atoms with van der Waals surface area (Å²) in [7, 11) is 0. The molecule has 1 fully saturated rings. The Morgan fingerprint density at radius 2 is 2.05 bits per heavy atom. The summed E-state index contributed by atoms with van der Waals surface area (Å²) >= 11 is 0. The molecule has 0 amide bonds. The van der Waals surface area contributed by atoms with Gasteiger partial charge in [-0.1, -0.05) is 19.3 Å². The maximum Gasteiger partial charge on any atom is 0.387 e. The van der Waals surface area contributed by atoms with Crippen LogP contribution < -0.4 is 15.8 Å². The van der Waals surface area contributed by atoms with E-state index in [4.69, 9.17) is 5.73 Å². The lowest BCUT2D eigenvalue weighted by Gasteiger charge is -2.33. The second kappa shape index (κ2) is 6.14. The zero-order valence-corrected chi connectivity index (χ0v) is 10.7. The van der Waals surface area contributed by atoms with Crippen LogP contribution in [0.3, 0.4) is 0 Å². The topological polar surface area (TPSA) is 60.2 Å². The summed E-state index contributed by atoms with van der Waals surface area (Å²) in [6, 6.07) is 3.08. The van der Waals surface area contributed by atoms with Gasteiger partial charge in [0, 0.05) is 12.1 Å². The quantitative estimate of drug-likeness (QED) is 0.864. The Kier molecular flexibility index (Phi) is 4.52. The molecule has 1 aliphatic rings. The standard InChI is InChI=1S/C13H19F2N3O/c14-12(15)19-10-4-5-11(17-8-10)18-9-13(16)6-2-1-3-7-13/h4-5,8,12H,1-3,6-7,9,16H2,(H,17,18). The predicted octanol–water partition coefficient (Wildman–Crippen LogP) is 2.76. The van der Waals surface area contributed by atoms with Gasteiger partial charge in [0.15, 0.2) is 0 Å². The Balaban J connectivity index is 1.85. The van der Waals surface area contributed by atoms with Crippen LogP contribution in [0, 0.1) is 0 Å². The minimum absolute atomic E-state index is 0.0562. The van der Waals surface area contributed by atoms with Gasteiger partial charge in [0.2, 0.25) is 0 Å². The second-order valence-corrected chi connectivity index (χ2v) is 5.03. The van der Waals surface area contributed by atoms with Crippen LogP contribution in [0.2, 0.25) is 0 Å². The number of ether oxygens (including phenoxy) is 1. The molecule has 2 rings (SSSR count). The fourth-order valence-electron chi connectivity index (χ4n) is 2.36. The molecule has 0 aromatic carbocycles. The molecule has 19 heavy (non-hydrogen) atoms. The average Bonchev–Trinajstić information content (AvgIpc) is 2.38. The molecule has 1 aromatic rings. The zero-order valence-electron chi connectivity index (χ0n) is 10.7. The Labute approximate surface area is 111 Å². The lowest BCUT2D eigenvalue weighted by Crippen LogP contribution is -2.47. The van der Waals surface area contributed by atoms with Crippen molar-refractivity contribution in [1.29, 1.82) is 0 Å². The van der Waals surface area contributed by atoms with E-state index in [9.17, 15) is 8.78 Å². The normalized spacial score (nSPS) is 18.3. The second-order valence-electron chi connectivity index (χ2n) is 5.03. The Morgan fingerprint density at radius 1 is 1.32 bits per heavy atom. The van der Waals surface area contributed by atoms with Crippen LogP contribution in [0.15, 0.2) is 18.3 Å². The first-order chi connectivity index (χ1) is 9.07. The molecular formula is C13H19F2N3O. The molecule has 1 saturated carbocycles. The first kappa shape index (κ1) is 14.0. The highest BCUT2D eigenvalue weighted by molar-refractivity contribution is 5.38. The van der Waals surface area contributed by atoms with E-state index in [1.54, 1.807) is 6.07 Å². The number of halogens is 2. The molecular weight excluding hydrogens is 252 g/mol. The van der Waals surface area contributed by atoms with Gasteiger partial charge >= 0.3 is 6.61 Å². The minimum atomic E-state index is -2.82. The summed E-state index contributed by atoms with van der Waals surface area (Å²) in [5, 5.41) is 3.16. The van der Waals surface area contributed by atoms with Crippen molar-refractivity contribution < 1.29 is 13.5 Å². The minimum Gasteiger partial charge on any atom is -0.433 e. The number of nitrogens with two attached hydrogens (primary N) is 1. The van der Waals surface area contributed by atoms with Gasteiger partial charge < -0.3 is 15.8 Å². The van der Waals surface area contributed by atoms with Gasteiger partial charge in [-0.25, -0.2) is 4.98 Å². The van der Waals surface area contributed by atoms with Crippen molar-refractivity contribution in [1.82, 2.24) is 4.98 Å². The van der Waals surface area contributed by atoms with Crippen molar-refractivity contribution in [2.75, 3.05) is 11.9 Å². The van der Waals surface area contributed by atoms with Gasteiger partial charge in [0.25, 0.3) is 0 Å². The highest BCUT2D eigenvalue weighted by Gasteiger charge is 2.26. The van der Waals surface area contributed by atoms with Gasteiger partial charge in [0.05, 0.1) is 6.20 Å². The molecule has 0 radical (unpaired) electrons. The number of alkyl halides is 2. The number of hydrogen-bond donors (Lipinski definition) is 2. The van der Waals surface area contributed by atoms with Gasteiger partial charge in [0.1, 0.15) is 11.6 Å². The molecule has 106 valence electrons. The number of nitrogens with zero attached hydrogens (tertiary/aromatic N) is 1. The van der Waals surface area contributed by atoms with Crippen LogP contribution in [-0.4, -0.2) is 23.7 Å². The summed E-state index contributed by atoms with van der Waals surface area (Å²) in [5.74, 6) is 0.678. The van der Waals surface area contributed by atoms with Crippen LogP contribution in [0.4, 0.5) is 14.6 Å². The van der Waals surface area contributed by atoms with E-state index in [1.165, 1.54) is 18.7 Å². The maximum atomic E-state index is 12.0. The third kappa shape index (κ3) is 4.31. The summed E-state index contributed by atoms with van der Waals surface area (Å²) in [6.45, 7) is -2.18.